The molecule has 2 N–H and O–H groups in total. The second-order valence-corrected chi connectivity index (χ2v) is 4.84. The maximum Gasteiger partial charge on any atom is 0.329 e. The van der Waals surface area contributed by atoms with E-state index in [1.165, 1.54) is 13.3 Å². The van der Waals surface area contributed by atoms with E-state index >= 15 is 0 Å². The van der Waals surface area contributed by atoms with Crippen molar-refractivity contribution in [1.82, 2.24) is 5.43 Å². The summed E-state index contributed by atoms with van der Waals surface area (Å²) in [5.41, 5.74) is 3.28. The van der Waals surface area contributed by atoms with E-state index in [0.717, 1.165) is 5.56 Å². The summed E-state index contributed by atoms with van der Waals surface area (Å²) in [6.07, 6.45) is 1.41. The maximum atomic E-state index is 11.8. The molecule has 2 rings (SSSR count). The van der Waals surface area contributed by atoms with Crippen molar-refractivity contribution in [2.45, 2.75) is 0 Å². The standard InChI is InChI=1S/C16H14ClN3O3/c1-23-14-5-3-2-4-13(14)19-15(21)16(22)20-18-10-11-6-8-12(17)9-7-11/h2-10H,1H3,(H,19,21)(H,20,22). The quantitative estimate of drug-likeness (QED) is 0.513. The molecule has 0 saturated carbocycles. The molecule has 0 aliphatic heterocycles. The maximum absolute atomic E-state index is 11.8. The number of halogens is 1. The third kappa shape index (κ3) is 4.82. The molecule has 2 aromatic rings. The molecular formula is C16H14ClN3O3. The predicted molar refractivity (Wildman–Crippen MR) is 88.8 cm³/mol. The van der Waals surface area contributed by atoms with Crippen molar-refractivity contribution < 1.29 is 14.3 Å². The van der Waals surface area contributed by atoms with Gasteiger partial charge < -0.3 is 10.1 Å². The molecule has 0 heterocycles. The molecule has 0 spiro atoms. The largest absolute Gasteiger partial charge is 0.495 e. The summed E-state index contributed by atoms with van der Waals surface area (Å²) >= 11 is 5.76. The van der Waals surface area contributed by atoms with E-state index in [0.29, 0.717) is 16.5 Å². The zero-order valence-electron chi connectivity index (χ0n) is 12.2. The van der Waals surface area contributed by atoms with Crippen LogP contribution in [0.2, 0.25) is 5.02 Å². The topological polar surface area (TPSA) is 79.8 Å². The zero-order chi connectivity index (χ0) is 16.7. The SMILES string of the molecule is COc1ccccc1NC(=O)C(=O)NN=Cc1ccc(Cl)cc1. The minimum atomic E-state index is -0.888. The fourth-order valence-corrected chi connectivity index (χ4v) is 1.82. The normalized spacial score (nSPS) is 10.3. The van der Waals surface area contributed by atoms with E-state index < -0.39 is 11.8 Å². The van der Waals surface area contributed by atoms with Gasteiger partial charge in [0.25, 0.3) is 0 Å². The van der Waals surface area contributed by atoms with Gasteiger partial charge in [0.2, 0.25) is 0 Å². The molecule has 0 fully saturated rings. The Labute approximate surface area is 138 Å². The molecule has 0 aromatic heterocycles. The lowest BCUT2D eigenvalue weighted by molar-refractivity contribution is -0.136. The van der Waals surface area contributed by atoms with E-state index in [-0.39, 0.29) is 0 Å². The number of benzene rings is 2. The molecule has 0 aliphatic carbocycles. The third-order valence-electron chi connectivity index (χ3n) is 2.81. The van der Waals surface area contributed by atoms with Crippen LogP contribution in [0.15, 0.2) is 53.6 Å². The molecule has 0 aliphatic rings. The number of hydrogen-bond donors (Lipinski definition) is 2. The van der Waals surface area contributed by atoms with E-state index in [4.69, 9.17) is 16.3 Å². The van der Waals surface area contributed by atoms with Gasteiger partial charge in [0.05, 0.1) is 19.0 Å². The van der Waals surface area contributed by atoms with Gasteiger partial charge >= 0.3 is 11.8 Å². The first-order chi connectivity index (χ1) is 11.1. The minimum absolute atomic E-state index is 0.400. The van der Waals surface area contributed by atoms with E-state index in [9.17, 15) is 9.59 Å². The van der Waals surface area contributed by atoms with E-state index in [2.05, 4.69) is 15.8 Å². The van der Waals surface area contributed by atoms with Crippen LogP contribution in [0.3, 0.4) is 0 Å². The molecule has 118 valence electrons. The lowest BCUT2D eigenvalue weighted by Crippen LogP contribution is -2.32. The number of nitrogens with one attached hydrogen (secondary N) is 2. The van der Waals surface area contributed by atoms with Crippen molar-refractivity contribution in [2.75, 3.05) is 12.4 Å². The second-order valence-electron chi connectivity index (χ2n) is 4.41. The van der Waals surface area contributed by atoms with Crippen LogP contribution in [0.4, 0.5) is 5.69 Å². The number of hydrogen-bond acceptors (Lipinski definition) is 4. The number of para-hydroxylation sites is 2. The summed E-state index contributed by atoms with van der Waals surface area (Å²) in [5.74, 6) is -1.28. The molecular weight excluding hydrogens is 318 g/mol. The van der Waals surface area contributed by atoms with Crippen molar-refractivity contribution in [3.8, 4) is 5.75 Å². The van der Waals surface area contributed by atoms with E-state index in [1.54, 1.807) is 48.5 Å². The summed E-state index contributed by atoms with van der Waals surface area (Å²) in [7, 11) is 1.47. The minimum Gasteiger partial charge on any atom is -0.495 e. The van der Waals surface area contributed by atoms with Crippen molar-refractivity contribution >= 4 is 35.3 Å². The third-order valence-corrected chi connectivity index (χ3v) is 3.06. The number of rotatable bonds is 4. The van der Waals surface area contributed by atoms with Crippen LogP contribution < -0.4 is 15.5 Å². The first-order valence-electron chi connectivity index (χ1n) is 6.63. The molecule has 0 atom stereocenters. The average Bonchev–Trinajstić information content (AvgIpc) is 2.57. The van der Waals surface area contributed by atoms with Crippen molar-refractivity contribution in [2.24, 2.45) is 5.10 Å². The molecule has 0 unspecified atom stereocenters. The molecule has 23 heavy (non-hydrogen) atoms. The Balaban J connectivity index is 1.92. The number of anilines is 1. The smallest absolute Gasteiger partial charge is 0.329 e. The van der Waals surface area contributed by atoms with Crippen molar-refractivity contribution in [1.29, 1.82) is 0 Å². The number of amides is 2. The summed E-state index contributed by atoms with van der Waals surface area (Å²) in [5, 5.41) is 6.77. The summed E-state index contributed by atoms with van der Waals surface area (Å²) in [6, 6.07) is 13.6. The molecule has 2 amide bonds. The lowest BCUT2D eigenvalue weighted by atomic mass is 10.2. The lowest BCUT2D eigenvalue weighted by Gasteiger charge is -2.08. The molecule has 7 heteroatoms. The fraction of sp³-hybridized carbons (Fsp3) is 0.0625. The van der Waals surface area contributed by atoms with Gasteiger partial charge in [-0.05, 0) is 29.8 Å². The monoisotopic (exact) mass is 331 g/mol. The first kappa shape index (κ1) is 16.5. The number of methoxy groups -OCH3 is 1. The second kappa shape index (κ2) is 7.95. The van der Waals surface area contributed by atoms with Crippen LogP contribution in [0.25, 0.3) is 0 Å². The summed E-state index contributed by atoms with van der Waals surface area (Å²) in [4.78, 5) is 23.5. The molecule has 0 bridgehead atoms. The highest BCUT2D eigenvalue weighted by molar-refractivity contribution is 6.39. The Morgan fingerprint density at radius 2 is 1.78 bits per heavy atom. The Morgan fingerprint density at radius 1 is 1.09 bits per heavy atom. The fourth-order valence-electron chi connectivity index (χ4n) is 1.69. The van der Waals surface area contributed by atoms with Gasteiger partial charge in [0, 0.05) is 5.02 Å². The Kier molecular flexibility index (Phi) is 5.71. The highest BCUT2D eigenvalue weighted by Gasteiger charge is 2.14. The Bertz CT molecular complexity index is 730. The van der Waals surface area contributed by atoms with Crippen LogP contribution in [-0.2, 0) is 9.59 Å². The average molecular weight is 332 g/mol. The summed E-state index contributed by atoms with van der Waals surface area (Å²) < 4.78 is 5.09. The predicted octanol–water partition coefficient (Wildman–Crippen LogP) is 2.44. The van der Waals surface area contributed by atoms with Gasteiger partial charge in [-0.1, -0.05) is 35.9 Å². The van der Waals surface area contributed by atoms with Gasteiger partial charge in [0.1, 0.15) is 5.75 Å². The highest BCUT2D eigenvalue weighted by atomic mass is 35.5. The van der Waals surface area contributed by atoms with Crippen LogP contribution in [-0.4, -0.2) is 25.1 Å². The Morgan fingerprint density at radius 3 is 2.48 bits per heavy atom. The molecule has 2 aromatic carbocycles. The van der Waals surface area contributed by atoms with Gasteiger partial charge in [-0.25, -0.2) is 5.43 Å². The molecule has 0 radical (unpaired) electrons. The van der Waals surface area contributed by atoms with Crippen LogP contribution in [0.1, 0.15) is 5.56 Å². The first-order valence-corrected chi connectivity index (χ1v) is 7.01. The number of carbonyl (C=O) groups excluding carboxylic acids is 2. The van der Waals surface area contributed by atoms with Crippen LogP contribution >= 0.6 is 11.6 Å². The van der Waals surface area contributed by atoms with Gasteiger partial charge in [-0.15, -0.1) is 0 Å². The number of nitrogens with zero attached hydrogens (tertiary/aromatic N) is 1. The zero-order valence-corrected chi connectivity index (χ0v) is 13.0. The van der Waals surface area contributed by atoms with Crippen LogP contribution in [0, 0.1) is 0 Å². The van der Waals surface area contributed by atoms with Gasteiger partial charge in [0.15, 0.2) is 0 Å². The Hall–Kier alpha value is -2.86. The number of carbonyl (C=O) groups is 2. The van der Waals surface area contributed by atoms with Gasteiger partial charge in [-0.3, -0.25) is 9.59 Å². The van der Waals surface area contributed by atoms with Crippen molar-refractivity contribution in [3.05, 3.63) is 59.1 Å². The van der Waals surface area contributed by atoms with E-state index in [1.807, 2.05) is 0 Å². The van der Waals surface area contributed by atoms with Crippen molar-refractivity contribution in [3.63, 3.8) is 0 Å². The van der Waals surface area contributed by atoms with Crippen LogP contribution in [0.5, 0.6) is 5.75 Å². The highest BCUT2D eigenvalue weighted by Crippen LogP contribution is 2.22. The summed E-state index contributed by atoms with van der Waals surface area (Å²) in [6.45, 7) is 0. The van der Waals surface area contributed by atoms with Gasteiger partial charge in [-0.2, -0.15) is 5.10 Å². The molecule has 0 saturated heterocycles. The molecule has 6 nitrogen and oxygen atoms in total. The number of hydrazone groups is 1. The number of ether oxygens (including phenoxy) is 1.